The van der Waals surface area contributed by atoms with E-state index in [0.29, 0.717) is 12.0 Å². The lowest BCUT2D eigenvalue weighted by Gasteiger charge is -2.32. The number of nitrogens with zero attached hydrogens (tertiary/aromatic N) is 4. The zero-order chi connectivity index (χ0) is 21.8. The van der Waals surface area contributed by atoms with Crippen molar-refractivity contribution in [3.8, 4) is 0 Å². The monoisotopic (exact) mass is 426 g/mol. The molecule has 2 unspecified atom stereocenters. The Morgan fingerprint density at radius 1 is 1.19 bits per heavy atom. The molecule has 9 nitrogen and oxygen atoms in total. The van der Waals surface area contributed by atoms with Gasteiger partial charge in [-0.25, -0.2) is 24.1 Å². The number of rotatable bonds is 5. The molecule has 0 spiro atoms. The van der Waals surface area contributed by atoms with Crippen LogP contribution >= 0.6 is 0 Å². The molecule has 164 valence electrons. The third-order valence-electron chi connectivity index (χ3n) is 5.81. The van der Waals surface area contributed by atoms with E-state index in [1.807, 2.05) is 4.90 Å². The second-order valence-electron chi connectivity index (χ2n) is 8.05. The highest BCUT2D eigenvalue weighted by atomic mass is 19.1. The summed E-state index contributed by atoms with van der Waals surface area (Å²) in [4.78, 5) is 26.4. The van der Waals surface area contributed by atoms with E-state index < -0.39 is 5.82 Å². The van der Waals surface area contributed by atoms with Gasteiger partial charge in [-0.1, -0.05) is 0 Å². The summed E-state index contributed by atoms with van der Waals surface area (Å²) in [7, 11) is 0. The molecule has 1 saturated carbocycles. The Morgan fingerprint density at radius 2 is 1.97 bits per heavy atom. The Kier molecular flexibility index (Phi) is 6.24. The van der Waals surface area contributed by atoms with E-state index in [-0.39, 0.29) is 41.3 Å². The molecule has 5 N–H and O–H groups in total. The van der Waals surface area contributed by atoms with E-state index in [4.69, 9.17) is 11.1 Å². The van der Waals surface area contributed by atoms with Gasteiger partial charge in [0.05, 0.1) is 6.20 Å². The van der Waals surface area contributed by atoms with Crippen molar-refractivity contribution in [1.82, 2.24) is 25.2 Å². The van der Waals surface area contributed by atoms with Crippen LogP contribution < -0.4 is 16.4 Å². The normalized spacial score (nSPS) is 21.0. The van der Waals surface area contributed by atoms with E-state index in [9.17, 15) is 9.18 Å². The fraction of sp³-hybridized carbons (Fsp3) is 0.476. The Labute approximate surface area is 180 Å². The number of nitrogen functional groups attached to an aromatic ring is 1. The molecule has 31 heavy (non-hydrogen) atoms. The molecule has 3 heterocycles. The number of urea groups is 1. The van der Waals surface area contributed by atoms with Crippen molar-refractivity contribution in [3.63, 3.8) is 0 Å². The van der Waals surface area contributed by atoms with Gasteiger partial charge in [-0.15, -0.1) is 0 Å². The Morgan fingerprint density at radius 3 is 2.74 bits per heavy atom. The van der Waals surface area contributed by atoms with E-state index in [1.54, 1.807) is 12.1 Å². The van der Waals surface area contributed by atoms with Gasteiger partial charge < -0.3 is 21.3 Å². The smallest absolute Gasteiger partial charge is 0.317 e. The number of hydrogen-bond acceptors (Lipinski definition) is 7. The summed E-state index contributed by atoms with van der Waals surface area (Å²) in [6, 6.07) is 3.31. The molecule has 0 aromatic carbocycles. The van der Waals surface area contributed by atoms with Gasteiger partial charge in [0, 0.05) is 36.9 Å². The van der Waals surface area contributed by atoms with Crippen molar-refractivity contribution in [2.45, 2.75) is 50.6 Å². The number of halogens is 1. The standard InChI is InChI=1S/C21H27FN8O/c22-16-12-26-20(17(23)15-7-4-8-25-18(15)24)29-19(16)27-13-5-3-6-14(11-13)28-21(31)30-9-1-2-10-30/h4,7-8,12-14,23H,1-3,5-6,9-11H2,(H2,24,25)(H,28,31)(H,26,27,29). The second-order valence-corrected chi connectivity index (χ2v) is 8.05. The minimum absolute atomic E-state index is 0.0128. The Hall–Kier alpha value is -3.30. The predicted molar refractivity (Wildman–Crippen MR) is 116 cm³/mol. The SMILES string of the molecule is N=C(c1ncc(F)c(NC2CCCC(NC(=O)N3CCCC3)C2)n1)c1cccnc1N. The first-order valence-corrected chi connectivity index (χ1v) is 10.7. The van der Waals surface area contributed by atoms with Crippen molar-refractivity contribution in [1.29, 1.82) is 5.41 Å². The fourth-order valence-electron chi connectivity index (χ4n) is 4.17. The van der Waals surface area contributed by atoms with Gasteiger partial charge in [0.1, 0.15) is 11.5 Å². The molecule has 2 atom stereocenters. The molecular formula is C21H27FN8O. The van der Waals surface area contributed by atoms with Crippen LogP contribution in [0.4, 0.5) is 20.8 Å². The third-order valence-corrected chi connectivity index (χ3v) is 5.81. The lowest BCUT2D eigenvalue weighted by molar-refractivity contribution is 0.199. The fourth-order valence-corrected chi connectivity index (χ4v) is 4.17. The van der Waals surface area contributed by atoms with Crippen LogP contribution in [0.3, 0.4) is 0 Å². The van der Waals surface area contributed by atoms with Crippen LogP contribution in [0.15, 0.2) is 24.5 Å². The maximum Gasteiger partial charge on any atom is 0.317 e. The first-order valence-electron chi connectivity index (χ1n) is 10.7. The van der Waals surface area contributed by atoms with Crippen molar-refractivity contribution in [2.24, 2.45) is 0 Å². The first-order chi connectivity index (χ1) is 15.0. The van der Waals surface area contributed by atoms with Gasteiger partial charge in [-0.2, -0.15) is 0 Å². The van der Waals surface area contributed by atoms with Gasteiger partial charge in [0.2, 0.25) is 0 Å². The Bertz CT molecular complexity index is 962. The maximum absolute atomic E-state index is 14.4. The number of aromatic nitrogens is 3. The molecule has 10 heteroatoms. The number of carbonyl (C=O) groups is 1. The first kappa shape index (κ1) is 21.0. The van der Waals surface area contributed by atoms with Crippen molar-refractivity contribution < 1.29 is 9.18 Å². The molecule has 1 aliphatic heterocycles. The average molecular weight is 427 g/mol. The zero-order valence-corrected chi connectivity index (χ0v) is 17.3. The number of carbonyl (C=O) groups excluding carboxylic acids is 1. The summed E-state index contributed by atoms with van der Waals surface area (Å²) in [5.41, 5.74) is 6.21. The summed E-state index contributed by atoms with van der Waals surface area (Å²) in [5, 5.41) is 14.6. The summed E-state index contributed by atoms with van der Waals surface area (Å²) >= 11 is 0. The molecule has 2 aromatic rings. The molecule has 1 aliphatic carbocycles. The van der Waals surface area contributed by atoms with Crippen LogP contribution in [0.25, 0.3) is 0 Å². The van der Waals surface area contributed by atoms with Gasteiger partial charge in [-0.05, 0) is 50.7 Å². The van der Waals surface area contributed by atoms with Crippen LogP contribution in [0, 0.1) is 11.2 Å². The molecule has 2 fully saturated rings. The average Bonchev–Trinajstić information content (AvgIpc) is 3.31. The summed E-state index contributed by atoms with van der Waals surface area (Å²) in [6.45, 7) is 1.62. The predicted octanol–water partition coefficient (Wildman–Crippen LogP) is 2.54. The maximum atomic E-state index is 14.4. The molecule has 2 amide bonds. The van der Waals surface area contributed by atoms with Crippen molar-refractivity contribution in [3.05, 3.63) is 41.7 Å². The molecule has 4 rings (SSSR count). The van der Waals surface area contributed by atoms with E-state index >= 15 is 0 Å². The van der Waals surface area contributed by atoms with E-state index in [2.05, 4.69) is 25.6 Å². The van der Waals surface area contributed by atoms with Gasteiger partial charge >= 0.3 is 6.03 Å². The highest BCUT2D eigenvalue weighted by Crippen LogP contribution is 2.24. The lowest BCUT2D eigenvalue weighted by atomic mass is 9.91. The molecule has 1 saturated heterocycles. The largest absolute Gasteiger partial charge is 0.383 e. The van der Waals surface area contributed by atoms with E-state index in [0.717, 1.165) is 51.4 Å². The molecule has 2 aliphatic rings. The molecule has 0 bridgehead atoms. The van der Waals surface area contributed by atoms with Crippen LogP contribution in [0.2, 0.25) is 0 Å². The quantitative estimate of drug-likeness (QED) is 0.543. The number of nitrogens with two attached hydrogens (primary N) is 1. The summed E-state index contributed by atoms with van der Waals surface area (Å²) < 4.78 is 14.4. The topological polar surface area (TPSA) is 133 Å². The van der Waals surface area contributed by atoms with Crippen LogP contribution in [-0.2, 0) is 0 Å². The molecule has 0 radical (unpaired) electrons. The summed E-state index contributed by atoms with van der Waals surface area (Å²) in [6.07, 6.45) is 8.06. The number of hydrogen-bond donors (Lipinski definition) is 4. The lowest BCUT2D eigenvalue weighted by Crippen LogP contribution is -2.47. The minimum atomic E-state index is -0.584. The third kappa shape index (κ3) is 4.89. The van der Waals surface area contributed by atoms with Crippen LogP contribution in [0.5, 0.6) is 0 Å². The number of likely N-dealkylation sites (tertiary alicyclic amines) is 1. The van der Waals surface area contributed by atoms with Crippen LogP contribution in [0.1, 0.15) is 49.9 Å². The zero-order valence-electron chi connectivity index (χ0n) is 17.3. The molecule has 2 aromatic heterocycles. The van der Waals surface area contributed by atoms with Crippen molar-refractivity contribution in [2.75, 3.05) is 24.1 Å². The highest BCUT2D eigenvalue weighted by Gasteiger charge is 2.27. The second kappa shape index (κ2) is 9.23. The number of amides is 2. The Balaban J connectivity index is 1.42. The number of nitrogens with one attached hydrogen (secondary N) is 3. The van der Waals surface area contributed by atoms with E-state index in [1.165, 1.54) is 6.20 Å². The molecular weight excluding hydrogens is 399 g/mol. The van der Waals surface area contributed by atoms with Gasteiger partial charge in [-0.3, -0.25) is 5.41 Å². The summed E-state index contributed by atoms with van der Waals surface area (Å²) in [5.74, 6) is -0.273. The van der Waals surface area contributed by atoms with Crippen molar-refractivity contribution >= 4 is 23.4 Å². The van der Waals surface area contributed by atoms with Crippen LogP contribution in [-0.4, -0.2) is 56.8 Å². The number of anilines is 2. The highest BCUT2D eigenvalue weighted by molar-refractivity contribution is 6.11. The van der Waals surface area contributed by atoms with Gasteiger partial charge in [0.15, 0.2) is 17.5 Å². The minimum Gasteiger partial charge on any atom is -0.383 e. The number of pyridine rings is 1. The van der Waals surface area contributed by atoms with Gasteiger partial charge in [0.25, 0.3) is 0 Å².